The van der Waals surface area contributed by atoms with Gasteiger partial charge in [-0.1, -0.05) is 0 Å². The molecule has 0 aliphatic carbocycles. The molecule has 0 fully saturated rings. The first-order chi connectivity index (χ1) is 13.1. The second kappa shape index (κ2) is 7.88. The highest BCUT2D eigenvalue weighted by Gasteiger charge is 2.20. The third kappa shape index (κ3) is 3.47. The maximum Gasteiger partial charge on any atom is 0.205 e. The van der Waals surface area contributed by atoms with Gasteiger partial charge in [-0.2, -0.15) is 0 Å². The van der Waals surface area contributed by atoms with E-state index in [1.807, 2.05) is 6.07 Å². The van der Waals surface area contributed by atoms with Crippen LogP contribution in [-0.2, 0) is 0 Å². The van der Waals surface area contributed by atoms with E-state index in [1.165, 1.54) is 20.6 Å². The molecule has 8 heteroatoms. The molecule has 2 aromatic carbocycles. The number of oxazole rings is 1. The maximum absolute atomic E-state index is 6.02. The van der Waals surface area contributed by atoms with Gasteiger partial charge in [-0.3, -0.25) is 5.73 Å². The van der Waals surface area contributed by atoms with Crippen LogP contribution >= 0.6 is 0 Å². The van der Waals surface area contributed by atoms with Gasteiger partial charge in [-0.15, -0.1) is 0 Å². The van der Waals surface area contributed by atoms with Crippen LogP contribution in [0, 0.1) is 0 Å². The second-order valence-corrected chi connectivity index (χ2v) is 5.51. The van der Waals surface area contributed by atoms with Crippen molar-refractivity contribution >= 4 is 5.69 Å². The number of ether oxygens (including phenoxy) is 4. The molecule has 0 atom stereocenters. The van der Waals surface area contributed by atoms with E-state index in [0.29, 0.717) is 40.1 Å². The van der Waals surface area contributed by atoms with E-state index in [1.54, 1.807) is 31.4 Å². The predicted octanol–water partition coefficient (Wildman–Crippen LogP) is 2.91. The smallest absolute Gasteiger partial charge is 0.205 e. The average molecular weight is 371 g/mol. The number of aromatic nitrogens is 1. The van der Waals surface area contributed by atoms with Gasteiger partial charge in [0.05, 0.1) is 27.0 Å². The molecule has 0 aliphatic rings. The van der Waals surface area contributed by atoms with Crippen molar-refractivity contribution in [3.63, 3.8) is 0 Å². The summed E-state index contributed by atoms with van der Waals surface area (Å²) in [5, 5.41) is 0. The normalized spacial score (nSPS) is 10.5. The lowest BCUT2D eigenvalue weighted by Gasteiger charge is -2.15. The van der Waals surface area contributed by atoms with Gasteiger partial charge in [-0.25, -0.2) is 4.98 Å². The Kier molecular flexibility index (Phi) is 5.37. The minimum absolute atomic E-state index is 0.00754. The summed E-state index contributed by atoms with van der Waals surface area (Å²) < 4.78 is 27.1. The summed E-state index contributed by atoms with van der Waals surface area (Å²) in [6.07, 6.45) is 1.37. The van der Waals surface area contributed by atoms with Crippen molar-refractivity contribution in [1.82, 2.24) is 4.98 Å². The SMILES string of the molecule is COc1ccc(-c2ocnc2-c2cc(OC)c(OCN)c(OC)c2)cc1N. The Balaban J connectivity index is 2.11. The highest BCUT2D eigenvalue weighted by molar-refractivity contribution is 5.81. The van der Waals surface area contributed by atoms with Crippen LogP contribution in [-0.4, -0.2) is 33.0 Å². The Hall–Kier alpha value is -3.39. The van der Waals surface area contributed by atoms with Gasteiger partial charge >= 0.3 is 0 Å². The molecule has 0 aliphatic heterocycles. The Bertz CT molecular complexity index is 914. The van der Waals surface area contributed by atoms with Crippen LogP contribution in [0.4, 0.5) is 5.69 Å². The van der Waals surface area contributed by atoms with Crippen LogP contribution in [0.2, 0.25) is 0 Å². The fourth-order valence-electron chi connectivity index (χ4n) is 2.77. The van der Waals surface area contributed by atoms with Crippen molar-refractivity contribution < 1.29 is 23.4 Å². The minimum Gasteiger partial charge on any atom is -0.495 e. The van der Waals surface area contributed by atoms with E-state index in [-0.39, 0.29) is 6.73 Å². The molecular formula is C19H21N3O5. The van der Waals surface area contributed by atoms with Crippen LogP contribution < -0.4 is 30.4 Å². The monoisotopic (exact) mass is 371 g/mol. The average Bonchev–Trinajstić information content (AvgIpc) is 3.18. The molecule has 4 N–H and O–H groups in total. The Morgan fingerprint density at radius 3 is 2.15 bits per heavy atom. The number of rotatable bonds is 7. The Morgan fingerprint density at radius 1 is 0.926 bits per heavy atom. The second-order valence-electron chi connectivity index (χ2n) is 5.51. The largest absolute Gasteiger partial charge is 0.495 e. The van der Waals surface area contributed by atoms with Crippen LogP contribution in [0.25, 0.3) is 22.6 Å². The van der Waals surface area contributed by atoms with Crippen molar-refractivity contribution in [2.24, 2.45) is 5.73 Å². The van der Waals surface area contributed by atoms with Crippen molar-refractivity contribution in [2.45, 2.75) is 0 Å². The molecule has 0 amide bonds. The van der Waals surface area contributed by atoms with E-state index < -0.39 is 0 Å². The summed E-state index contributed by atoms with van der Waals surface area (Å²) in [6, 6.07) is 8.95. The fourth-order valence-corrected chi connectivity index (χ4v) is 2.77. The molecule has 27 heavy (non-hydrogen) atoms. The summed E-state index contributed by atoms with van der Waals surface area (Å²) in [5.41, 5.74) is 14.1. The zero-order valence-electron chi connectivity index (χ0n) is 15.3. The number of hydrogen-bond acceptors (Lipinski definition) is 8. The van der Waals surface area contributed by atoms with Gasteiger partial charge < -0.3 is 29.1 Å². The number of anilines is 1. The van der Waals surface area contributed by atoms with Crippen molar-refractivity contribution in [2.75, 3.05) is 33.8 Å². The molecule has 142 valence electrons. The Morgan fingerprint density at radius 2 is 1.59 bits per heavy atom. The van der Waals surface area contributed by atoms with Crippen molar-refractivity contribution in [1.29, 1.82) is 0 Å². The molecule has 1 heterocycles. The van der Waals surface area contributed by atoms with E-state index in [0.717, 1.165) is 11.1 Å². The third-order valence-corrected chi connectivity index (χ3v) is 4.02. The summed E-state index contributed by atoms with van der Waals surface area (Å²) in [7, 11) is 4.64. The number of hydrogen-bond donors (Lipinski definition) is 2. The molecule has 8 nitrogen and oxygen atoms in total. The zero-order valence-corrected chi connectivity index (χ0v) is 15.3. The van der Waals surface area contributed by atoms with E-state index >= 15 is 0 Å². The van der Waals surface area contributed by atoms with Crippen molar-refractivity contribution in [3.05, 3.63) is 36.7 Å². The number of methoxy groups -OCH3 is 3. The van der Waals surface area contributed by atoms with Gasteiger partial charge in [0, 0.05) is 11.1 Å². The summed E-state index contributed by atoms with van der Waals surface area (Å²) in [6.45, 7) is -0.00754. The number of nitrogens with two attached hydrogens (primary N) is 2. The van der Waals surface area contributed by atoms with Gasteiger partial charge in [0.2, 0.25) is 5.75 Å². The van der Waals surface area contributed by atoms with Crippen LogP contribution in [0.1, 0.15) is 0 Å². The minimum atomic E-state index is -0.00754. The van der Waals surface area contributed by atoms with E-state index in [4.69, 9.17) is 34.8 Å². The highest BCUT2D eigenvalue weighted by Crippen LogP contribution is 2.43. The van der Waals surface area contributed by atoms with Gasteiger partial charge in [0.15, 0.2) is 23.7 Å². The van der Waals surface area contributed by atoms with E-state index in [9.17, 15) is 0 Å². The maximum atomic E-state index is 6.02. The molecular weight excluding hydrogens is 350 g/mol. The lowest BCUT2D eigenvalue weighted by molar-refractivity contribution is 0.282. The molecule has 1 aromatic heterocycles. The van der Waals surface area contributed by atoms with Gasteiger partial charge in [0.25, 0.3) is 0 Å². The molecule has 3 aromatic rings. The predicted molar refractivity (Wildman–Crippen MR) is 101 cm³/mol. The first-order valence-corrected chi connectivity index (χ1v) is 8.09. The zero-order chi connectivity index (χ0) is 19.4. The number of nitrogen functional groups attached to an aromatic ring is 1. The van der Waals surface area contributed by atoms with Crippen LogP contribution in [0.5, 0.6) is 23.0 Å². The van der Waals surface area contributed by atoms with E-state index in [2.05, 4.69) is 4.98 Å². The number of nitrogens with zero attached hydrogens (tertiary/aromatic N) is 1. The lowest BCUT2D eigenvalue weighted by Crippen LogP contribution is -2.09. The first kappa shape index (κ1) is 18.4. The van der Waals surface area contributed by atoms with Crippen LogP contribution in [0.3, 0.4) is 0 Å². The highest BCUT2D eigenvalue weighted by atomic mass is 16.5. The molecule has 0 saturated heterocycles. The third-order valence-electron chi connectivity index (χ3n) is 4.02. The fraction of sp³-hybridized carbons (Fsp3) is 0.211. The lowest BCUT2D eigenvalue weighted by atomic mass is 10.0. The Labute approximate surface area is 156 Å². The molecule has 0 unspecified atom stereocenters. The summed E-state index contributed by atoms with van der Waals surface area (Å²) in [4.78, 5) is 4.35. The van der Waals surface area contributed by atoms with Gasteiger partial charge in [-0.05, 0) is 30.3 Å². The first-order valence-electron chi connectivity index (χ1n) is 8.09. The number of benzene rings is 2. The van der Waals surface area contributed by atoms with Gasteiger partial charge in [0.1, 0.15) is 18.2 Å². The molecule has 0 saturated carbocycles. The standard InChI is InChI=1S/C19H21N3O5/c1-23-14-5-4-11(6-13(14)21)18-17(22-10-27-18)12-7-15(24-2)19(26-9-20)16(8-12)25-3/h4-8,10H,9,20-21H2,1-3H3. The summed E-state index contributed by atoms with van der Waals surface area (Å²) >= 11 is 0. The molecule has 0 bridgehead atoms. The van der Waals surface area contributed by atoms with Crippen LogP contribution in [0.15, 0.2) is 41.1 Å². The molecule has 3 rings (SSSR count). The molecule has 0 spiro atoms. The molecule has 0 radical (unpaired) electrons. The summed E-state index contributed by atoms with van der Waals surface area (Å²) in [5.74, 6) is 2.51. The quantitative estimate of drug-likeness (QED) is 0.481. The van der Waals surface area contributed by atoms with Crippen molar-refractivity contribution in [3.8, 4) is 45.6 Å². The topological polar surface area (TPSA) is 115 Å².